The summed E-state index contributed by atoms with van der Waals surface area (Å²) in [6, 6.07) is 5.82. The van der Waals surface area contributed by atoms with Gasteiger partial charge in [-0.25, -0.2) is 9.97 Å². The van der Waals surface area contributed by atoms with Gasteiger partial charge in [0.15, 0.2) is 0 Å². The van der Waals surface area contributed by atoms with Crippen molar-refractivity contribution in [1.29, 1.82) is 0 Å². The Labute approximate surface area is 333 Å². The monoisotopic (exact) mass is 776 g/mol. The zero-order valence-corrected chi connectivity index (χ0v) is 34.6. The fourth-order valence-corrected chi connectivity index (χ4v) is 8.39. The molecule has 3 amide bonds. The summed E-state index contributed by atoms with van der Waals surface area (Å²) < 4.78 is 1.11. The van der Waals surface area contributed by atoms with Crippen LogP contribution >= 0.6 is 0 Å². The Kier molecular flexibility index (Phi) is 14.8. The molecule has 0 unspecified atom stereocenters. The Morgan fingerprint density at radius 2 is 1.68 bits per heavy atom. The van der Waals surface area contributed by atoms with Crippen molar-refractivity contribution in [3.05, 3.63) is 48.3 Å². The number of hydrogen-bond donors (Lipinski definition) is 6. The number of rotatable bonds is 16. The van der Waals surface area contributed by atoms with Crippen LogP contribution < -0.4 is 26.6 Å². The zero-order valence-electron chi connectivity index (χ0n) is 34.6. The minimum atomic E-state index is -1.12. The largest absolute Gasteiger partial charge is 0.384 e. The molecule has 14 heteroatoms. The predicted molar refractivity (Wildman–Crippen MR) is 220 cm³/mol. The van der Waals surface area contributed by atoms with Gasteiger partial charge >= 0.3 is 0 Å². The van der Waals surface area contributed by atoms with Crippen LogP contribution in [0.15, 0.2) is 37.1 Å². The molecule has 308 valence electrons. The number of piperazine rings is 1. The Balaban J connectivity index is 1.06. The molecular formula is C42H67N10O4+. The number of aromatic nitrogens is 3. The highest BCUT2D eigenvalue weighted by atomic mass is 16.3. The number of anilines is 3. The van der Waals surface area contributed by atoms with Gasteiger partial charge in [0, 0.05) is 56.3 Å². The van der Waals surface area contributed by atoms with Gasteiger partial charge in [-0.2, -0.15) is 4.98 Å². The van der Waals surface area contributed by atoms with Crippen molar-refractivity contribution in [2.45, 2.75) is 122 Å². The van der Waals surface area contributed by atoms with Crippen LogP contribution in [0.2, 0.25) is 0 Å². The Morgan fingerprint density at radius 3 is 2.32 bits per heavy atom. The summed E-state index contributed by atoms with van der Waals surface area (Å²) in [4.78, 5) is 54.3. The lowest BCUT2D eigenvalue weighted by Crippen LogP contribution is -2.61. The molecule has 14 nitrogen and oxygen atoms in total. The molecule has 3 heterocycles. The van der Waals surface area contributed by atoms with Gasteiger partial charge in [-0.15, -0.1) is 6.58 Å². The molecule has 1 aliphatic heterocycles. The molecular weight excluding hydrogens is 709 g/mol. The molecule has 0 radical (unpaired) electrons. The molecule has 2 aromatic heterocycles. The maximum atomic E-state index is 13.0. The van der Waals surface area contributed by atoms with E-state index in [2.05, 4.69) is 55.1 Å². The Morgan fingerprint density at radius 1 is 1.00 bits per heavy atom. The second kappa shape index (κ2) is 19.3. The smallest absolute Gasteiger partial charge is 0.256 e. The molecule has 2 aliphatic carbocycles. The van der Waals surface area contributed by atoms with Gasteiger partial charge in [-0.05, 0) is 90.2 Å². The number of carbonyl (C=O) groups excluding carboxylic acids is 3. The van der Waals surface area contributed by atoms with E-state index in [-0.39, 0.29) is 35.7 Å². The van der Waals surface area contributed by atoms with Crippen molar-refractivity contribution in [3.63, 3.8) is 0 Å². The Bertz CT molecular complexity index is 1640. The lowest BCUT2D eigenvalue weighted by Gasteiger charge is -2.47. The van der Waals surface area contributed by atoms with Crippen LogP contribution in [0.1, 0.15) is 108 Å². The number of carbonyl (C=O) groups is 3. The van der Waals surface area contributed by atoms with Crippen LogP contribution in [-0.4, -0.2) is 118 Å². The van der Waals surface area contributed by atoms with Crippen molar-refractivity contribution in [2.24, 2.45) is 11.8 Å². The van der Waals surface area contributed by atoms with Gasteiger partial charge < -0.3 is 36.2 Å². The van der Waals surface area contributed by atoms with Crippen molar-refractivity contribution >= 4 is 35.3 Å². The maximum Gasteiger partial charge on any atom is 0.256 e. The lowest BCUT2D eigenvalue weighted by molar-refractivity contribution is -0.917. The first kappa shape index (κ1) is 43.0. The van der Waals surface area contributed by atoms with Crippen LogP contribution in [0, 0.1) is 11.8 Å². The first-order chi connectivity index (χ1) is 26.6. The highest BCUT2D eigenvalue weighted by molar-refractivity contribution is 5.99. The van der Waals surface area contributed by atoms with E-state index in [0.29, 0.717) is 53.8 Å². The molecule has 3 fully saturated rings. The third-order valence-electron chi connectivity index (χ3n) is 11.7. The number of hydrogen-bond acceptors (Lipinski definition) is 10. The van der Waals surface area contributed by atoms with Gasteiger partial charge in [-0.3, -0.25) is 19.3 Å². The summed E-state index contributed by atoms with van der Waals surface area (Å²) in [5, 5.41) is 26.0. The van der Waals surface area contributed by atoms with E-state index >= 15 is 0 Å². The molecule has 1 atom stereocenters. The van der Waals surface area contributed by atoms with E-state index in [1.54, 1.807) is 45.0 Å². The molecule has 5 rings (SSSR count). The topological polar surface area (TPSA) is 174 Å². The average Bonchev–Trinajstić information content (AvgIpc) is 3.15. The Hall–Kier alpha value is -4.14. The first-order valence-corrected chi connectivity index (χ1v) is 20.8. The van der Waals surface area contributed by atoms with Crippen molar-refractivity contribution in [2.75, 3.05) is 56.9 Å². The van der Waals surface area contributed by atoms with Gasteiger partial charge in [0.05, 0.1) is 32.4 Å². The summed E-state index contributed by atoms with van der Waals surface area (Å²) in [5.41, 5.74) is -0.331. The van der Waals surface area contributed by atoms with Crippen molar-refractivity contribution in [1.82, 2.24) is 35.8 Å². The minimum absolute atomic E-state index is 0.0666. The summed E-state index contributed by atoms with van der Waals surface area (Å²) >= 11 is 0. The van der Waals surface area contributed by atoms with E-state index in [0.717, 1.165) is 82.0 Å². The fourth-order valence-electron chi connectivity index (χ4n) is 8.39. The number of aliphatic hydroxyl groups is 1. The second-order valence-electron chi connectivity index (χ2n) is 17.6. The highest BCUT2D eigenvalue weighted by Gasteiger charge is 2.37. The van der Waals surface area contributed by atoms with E-state index in [9.17, 15) is 19.5 Å². The van der Waals surface area contributed by atoms with Gasteiger partial charge in [0.1, 0.15) is 28.8 Å². The standard InChI is InChI=1S/C42H66N10O4/c1-8-20-43-40(55)34-26-44-41(50-38(34)49-36-11-9-10-35(48-36)42(5,6)56)47-32-16-18-33(19-17-32)51-21-23-52(7,24-22-51)27-30-12-14-31(15-13-30)46-39(54)29(4)45-37(53)25-28(2)3/h8-11,26,28-33,56H,1,12-25,27H2,2-7H3,(H4-,43,44,45,46,47,48,49,50,53,54,55)/p+1/t29-,30?,31?,32?,33?/m0/s1. The molecule has 2 aromatic rings. The molecule has 3 aliphatic rings. The van der Waals surface area contributed by atoms with Crippen LogP contribution in [0.3, 0.4) is 0 Å². The second-order valence-corrected chi connectivity index (χ2v) is 17.6. The lowest BCUT2D eigenvalue weighted by atomic mass is 9.85. The number of pyridine rings is 1. The van der Waals surface area contributed by atoms with Crippen LogP contribution in [-0.2, 0) is 15.2 Å². The van der Waals surface area contributed by atoms with Gasteiger partial charge in [-0.1, -0.05) is 26.0 Å². The predicted octanol–water partition coefficient (Wildman–Crippen LogP) is 4.47. The van der Waals surface area contributed by atoms with Crippen LogP contribution in [0.25, 0.3) is 0 Å². The summed E-state index contributed by atoms with van der Waals surface area (Å²) in [6.07, 6.45) is 12.1. The number of nitrogens with zero attached hydrogens (tertiary/aromatic N) is 5. The van der Waals surface area contributed by atoms with E-state index in [4.69, 9.17) is 4.98 Å². The zero-order chi connectivity index (χ0) is 40.5. The molecule has 0 aromatic carbocycles. The number of likely N-dealkylation sites (N-methyl/N-ethyl adjacent to an activating group) is 1. The average molecular weight is 776 g/mol. The first-order valence-electron chi connectivity index (χ1n) is 20.8. The molecule has 56 heavy (non-hydrogen) atoms. The molecule has 1 saturated heterocycles. The fraction of sp³-hybridized carbons (Fsp3) is 0.667. The third-order valence-corrected chi connectivity index (χ3v) is 11.7. The van der Waals surface area contributed by atoms with E-state index in [1.165, 1.54) is 12.7 Å². The SMILES string of the molecule is C=CCNC(=O)c1cnc(NC2CCC(N3CC[N+](C)(CC4CCC(NC(=O)[C@H](C)NC(=O)CC(C)C)CC4)CC3)CC2)nc1Nc1cccc(C(C)(C)O)n1. The van der Waals surface area contributed by atoms with Crippen LogP contribution in [0.4, 0.5) is 17.6 Å². The van der Waals surface area contributed by atoms with Gasteiger partial charge in [0.25, 0.3) is 5.91 Å². The maximum absolute atomic E-state index is 13.0. The summed E-state index contributed by atoms with van der Waals surface area (Å²) in [5.74, 6) is 1.73. The van der Waals surface area contributed by atoms with Gasteiger partial charge in [0.2, 0.25) is 17.8 Å². The van der Waals surface area contributed by atoms with E-state index in [1.807, 2.05) is 13.8 Å². The quantitative estimate of drug-likeness (QED) is 0.106. The highest BCUT2D eigenvalue weighted by Crippen LogP contribution is 2.31. The third kappa shape index (κ3) is 12.4. The van der Waals surface area contributed by atoms with Crippen LogP contribution in [0.5, 0.6) is 0 Å². The normalized spacial score (nSPS) is 23.4. The number of quaternary nitrogens is 1. The number of amides is 3. The van der Waals surface area contributed by atoms with Crippen molar-refractivity contribution in [3.8, 4) is 0 Å². The summed E-state index contributed by atoms with van der Waals surface area (Å²) in [6.45, 7) is 18.9. The van der Waals surface area contributed by atoms with Crippen molar-refractivity contribution < 1.29 is 24.0 Å². The molecule has 0 bridgehead atoms. The summed E-state index contributed by atoms with van der Waals surface area (Å²) in [7, 11) is 2.42. The minimum Gasteiger partial charge on any atom is -0.384 e. The molecule has 6 N–H and O–H groups in total. The molecule has 0 spiro atoms. The number of nitrogens with one attached hydrogen (secondary N) is 5. The van der Waals surface area contributed by atoms with E-state index < -0.39 is 11.6 Å². The molecule has 2 saturated carbocycles.